The zero-order valence-electron chi connectivity index (χ0n) is 12.6. The first-order valence-electron chi connectivity index (χ1n) is 7.22. The number of hydrogen-bond acceptors (Lipinski definition) is 9. The summed E-state index contributed by atoms with van der Waals surface area (Å²) in [6, 6.07) is 0. The minimum Gasteiger partial charge on any atom is -0.395 e. The van der Waals surface area contributed by atoms with Crippen molar-refractivity contribution in [1.29, 1.82) is 0 Å². The van der Waals surface area contributed by atoms with Crippen molar-refractivity contribution in [2.75, 3.05) is 71.4 Å². The van der Waals surface area contributed by atoms with E-state index in [2.05, 4.69) is 4.90 Å². The van der Waals surface area contributed by atoms with Gasteiger partial charge in [-0.05, 0) is 0 Å². The summed E-state index contributed by atoms with van der Waals surface area (Å²) in [5.41, 5.74) is -1.88. The van der Waals surface area contributed by atoms with Gasteiger partial charge in [0, 0.05) is 39.3 Å². The monoisotopic (exact) mass is 342 g/mol. The molecule has 0 spiro atoms. The van der Waals surface area contributed by atoms with Gasteiger partial charge in [-0.2, -0.15) is 8.42 Å². The third-order valence-electron chi connectivity index (χ3n) is 3.71. The lowest BCUT2D eigenvalue weighted by Crippen LogP contribution is -2.49. The molecule has 22 heavy (non-hydrogen) atoms. The van der Waals surface area contributed by atoms with Gasteiger partial charge in [-0.3, -0.25) is 14.0 Å². The number of β-amino-alcohol motifs (C(OH)–C–C–N with tert-alkyl or cyclic N) is 1. The Hall–Kier alpha value is -0.330. The first-order chi connectivity index (χ1) is 10.4. The zero-order valence-corrected chi connectivity index (χ0v) is 13.4. The molecule has 0 atom stereocenters. The van der Waals surface area contributed by atoms with E-state index in [4.69, 9.17) is 24.6 Å². The van der Waals surface area contributed by atoms with Gasteiger partial charge < -0.3 is 20.4 Å². The summed E-state index contributed by atoms with van der Waals surface area (Å²) in [6.07, 6.45) is 0. The fourth-order valence-electron chi connectivity index (χ4n) is 2.16. The Labute approximate surface area is 130 Å². The molecular weight excluding hydrogens is 316 g/mol. The van der Waals surface area contributed by atoms with Gasteiger partial charge in [0.15, 0.2) is 5.60 Å². The number of piperazine rings is 1. The van der Waals surface area contributed by atoms with Gasteiger partial charge in [-0.25, -0.2) is 0 Å². The first kappa shape index (κ1) is 19.7. The molecule has 1 fully saturated rings. The average molecular weight is 342 g/mol. The molecule has 0 unspecified atom stereocenters. The van der Waals surface area contributed by atoms with Crippen molar-refractivity contribution in [3.63, 3.8) is 0 Å². The third-order valence-corrected chi connectivity index (χ3v) is 5.00. The number of aliphatic hydroxyl groups excluding tert-OH is 4. The van der Waals surface area contributed by atoms with Crippen molar-refractivity contribution in [2.45, 2.75) is 5.60 Å². The minimum absolute atomic E-state index is 0.105. The van der Waals surface area contributed by atoms with Crippen LogP contribution in [0.3, 0.4) is 0 Å². The van der Waals surface area contributed by atoms with E-state index in [1.165, 1.54) is 0 Å². The molecule has 0 bridgehead atoms. The van der Waals surface area contributed by atoms with Crippen LogP contribution in [0.15, 0.2) is 0 Å². The average Bonchev–Trinajstić information content (AvgIpc) is 2.52. The summed E-state index contributed by atoms with van der Waals surface area (Å²) in [7, 11) is -3.97. The summed E-state index contributed by atoms with van der Waals surface area (Å²) in [4.78, 5) is 4.06. The number of aliphatic hydroxyl groups is 4. The maximum absolute atomic E-state index is 11.9. The topological polar surface area (TPSA) is 131 Å². The van der Waals surface area contributed by atoms with Gasteiger partial charge in [0.25, 0.3) is 10.1 Å². The number of hydrogen-bond donors (Lipinski definition) is 4. The maximum atomic E-state index is 11.9. The van der Waals surface area contributed by atoms with Crippen LogP contribution in [0.5, 0.6) is 0 Å². The highest BCUT2D eigenvalue weighted by Gasteiger charge is 2.35. The molecular formula is C12H26N2O7S. The van der Waals surface area contributed by atoms with Crippen molar-refractivity contribution in [3.05, 3.63) is 0 Å². The van der Waals surface area contributed by atoms with Crippen LogP contribution in [-0.2, 0) is 14.3 Å². The van der Waals surface area contributed by atoms with Crippen LogP contribution in [0.25, 0.3) is 0 Å². The van der Waals surface area contributed by atoms with Crippen molar-refractivity contribution >= 4 is 10.1 Å². The Morgan fingerprint density at radius 1 is 0.864 bits per heavy atom. The van der Waals surface area contributed by atoms with E-state index in [-0.39, 0.29) is 18.9 Å². The van der Waals surface area contributed by atoms with E-state index in [0.717, 1.165) is 13.1 Å². The second-order valence-electron chi connectivity index (χ2n) is 5.41. The second-order valence-corrected chi connectivity index (χ2v) is 7.10. The number of rotatable bonds is 10. The highest BCUT2D eigenvalue weighted by Crippen LogP contribution is 2.14. The summed E-state index contributed by atoms with van der Waals surface area (Å²) < 4.78 is 28.6. The van der Waals surface area contributed by atoms with E-state index in [9.17, 15) is 8.42 Å². The van der Waals surface area contributed by atoms with Crippen LogP contribution in [0, 0.1) is 0 Å². The molecule has 1 saturated heterocycles. The molecule has 0 saturated carbocycles. The van der Waals surface area contributed by atoms with Crippen molar-refractivity contribution in [1.82, 2.24) is 9.80 Å². The van der Waals surface area contributed by atoms with Crippen LogP contribution in [0.4, 0.5) is 0 Å². The van der Waals surface area contributed by atoms with E-state index in [1.54, 1.807) is 0 Å². The molecule has 1 aliphatic rings. The lowest BCUT2D eigenvalue weighted by atomic mass is 10.1. The van der Waals surface area contributed by atoms with E-state index < -0.39 is 35.5 Å². The molecule has 10 heteroatoms. The molecule has 0 aromatic heterocycles. The fraction of sp³-hybridized carbons (Fsp3) is 1.00. The molecule has 0 radical (unpaired) electrons. The van der Waals surface area contributed by atoms with Gasteiger partial charge in [0.05, 0.1) is 32.2 Å². The molecule has 0 amide bonds. The van der Waals surface area contributed by atoms with E-state index in [1.807, 2.05) is 4.90 Å². The third kappa shape index (κ3) is 6.05. The van der Waals surface area contributed by atoms with Crippen molar-refractivity contribution < 1.29 is 33.0 Å². The van der Waals surface area contributed by atoms with Gasteiger partial charge in [-0.1, -0.05) is 0 Å². The smallest absolute Gasteiger partial charge is 0.269 e. The van der Waals surface area contributed by atoms with Gasteiger partial charge in [0.2, 0.25) is 0 Å². The van der Waals surface area contributed by atoms with Gasteiger partial charge in [0.1, 0.15) is 0 Å². The Bertz CT molecular complexity index is 397. The molecule has 0 aromatic carbocycles. The van der Waals surface area contributed by atoms with E-state index in [0.29, 0.717) is 19.6 Å². The first-order valence-corrected chi connectivity index (χ1v) is 8.79. The quantitative estimate of drug-likeness (QED) is 0.301. The molecule has 1 heterocycles. The zero-order chi connectivity index (χ0) is 16.6. The Morgan fingerprint density at radius 2 is 1.32 bits per heavy atom. The van der Waals surface area contributed by atoms with Gasteiger partial charge in [-0.15, -0.1) is 0 Å². The Balaban J connectivity index is 2.43. The molecule has 132 valence electrons. The second kappa shape index (κ2) is 9.08. The molecule has 0 aliphatic carbocycles. The number of nitrogens with zero attached hydrogens (tertiary/aromatic N) is 2. The SMILES string of the molecule is O=S(=O)(CCN1CCN(CCO)CC1)OC(CO)(CO)CO. The summed E-state index contributed by atoms with van der Waals surface area (Å²) in [6.45, 7) is 1.52. The maximum Gasteiger partial charge on any atom is 0.269 e. The van der Waals surface area contributed by atoms with Crippen LogP contribution >= 0.6 is 0 Å². The largest absolute Gasteiger partial charge is 0.395 e. The fourth-order valence-corrected chi connectivity index (χ4v) is 3.42. The van der Waals surface area contributed by atoms with Gasteiger partial charge >= 0.3 is 0 Å². The highest BCUT2D eigenvalue weighted by molar-refractivity contribution is 7.86. The Kier molecular flexibility index (Phi) is 8.14. The van der Waals surface area contributed by atoms with E-state index >= 15 is 0 Å². The summed E-state index contributed by atoms with van der Waals surface area (Å²) in [5, 5.41) is 36.1. The normalized spacial score (nSPS) is 18.7. The molecule has 0 aromatic rings. The highest BCUT2D eigenvalue weighted by atomic mass is 32.2. The summed E-state index contributed by atoms with van der Waals surface area (Å²) in [5.74, 6) is -0.283. The predicted molar refractivity (Wildman–Crippen MR) is 78.8 cm³/mol. The predicted octanol–water partition coefficient (Wildman–Crippen LogP) is -3.34. The molecule has 9 nitrogen and oxygen atoms in total. The van der Waals surface area contributed by atoms with Crippen LogP contribution < -0.4 is 0 Å². The standard InChI is InChI=1S/C12H26N2O7S/c15-7-5-13-1-3-14(4-2-13)6-8-22(19,20)21-12(9-16,10-17)11-18/h15-18H,1-11H2. The van der Waals surface area contributed by atoms with Crippen molar-refractivity contribution in [2.24, 2.45) is 0 Å². The lowest BCUT2D eigenvalue weighted by Gasteiger charge is -2.34. The summed E-state index contributed by atoms with van der Waals surface area (Å²) >= 11 is 0. The van der Waals surface area contributed by atoms with Crippen molar-refractivity contribution in [3.8, 4) is 0 Å². The minimum atomic E-state index is -3.97. The molecule has 4 N–H and O–H groups in total. The molecule has 1 rings (SSSR count). The Morgan fingerprint density at radius 3 is 1.73 bits per heavy atom. The van der Waals surface area contributed by atoms with Crippen LogP contribution in [0.2, 0.25) is 0 Å². The van der Waals surface area contributed by atoms with Crippen LogP contribution in [-0.4, -0.2) is 116 Å². The molecule has 1 aliphatic heterocycles. The lowest BCUT2D eigenvalue weighted by molar-refractivity contribution is -0.0639. The van der Waals surface area contributed by atoms with Crippen LogP contribution in [0.1, 0.15) is 0 Å².